The fourth-order valence-corrected chi connectivity index (χ4v) is 6.24. The van der Waals surface area contributed by atoms with E-state index < -0.39 is 18.2 Å². The van der Waals surface area contributed by atoms with Gasteiger partial charge in [0.05, 0.1) is 24.4 Å². The summed E-state index contributed by atoms with van der Waals surface area (Å²) in [5.41, 5.74) is 5.76. The molecule has 0 bridgehead atoms. The van der Waals surface area contributed by atoms with E-state index in [0.29, 0.717) is 25.1 Å². The number of aromatic carboxylic acids is 1. The molecule has 5 rings (SSSR count). The van der Waals surface area contributed by atoms with Crippen LogP contribution in [0.3, 0.4) is 0 Å². The molecule has 0 radical (unpaired) electrons. The number of aliphatic hydroxyl groups excluding tert-OH is 1. The minimum atomic E-state index is -0.960. The normalized spacial score (nSPS) is 17.6. The number of hydrogen-bond acceptors (Lipinski definition) is 7. The Morgan fingerprint density at radius 2 is 1.51 bits per heavy atom. The maximum absolute atomic E-state index is 12.2. The number of aliphatic carboxylic acids is 1. The number of carbonyl (C=O) groups excluding carboxylic acids is 1. The van der Waals surface area contributed by atoms with E-state index in [-0.39, 0.29) is 43.1 Å². The van der Waals surface area contributed by atoms with Crippen molar-refractivity contribution in [2.24, 2.45) is 0 Å². The number of carboxylic acid groups (broad SMARTS) is 2. The number of carboxylic acids is 2. The van der Waals surface area contributed by atoms with Gasteiger partial charge in [0.15, 0.2) is 6.29 Å². The molecule has 1 amide bonds. The highest BCUT2D eigenvalue weighted by atomic mass is 32.2. The molecule has 3 atom stereocenters. The molecular weight excluding hydrogens is 618 g/mol. The van der Waals surface area contributed by atoms with Gasteiger partial charge < -0.3 is 30.1 Å². The lowest BCUT2D eigenvalue weighted by atomic mass is 9.99. The van der Waals surface area contributed by atoms with Gasteiger partial charge in [0.25, 0.3) is 0 Å². The van der Waals surface area contributed by atoms with Gasteiger partial charge in [-0.2, -0.15) is 0 Å². The third-order valence-electron chi connectivity index (χ3n) is 7.86. The number of nitrogens with one attached hydrogen (secondary N) is 1. The van der Waals surface area contributed by atoms with E-state index in [1.54, 1.807) is 36.0 Å². The summed E-state index contributed by atoms with van der Waals surface area (Å²) in [5, 5.41) is 30.4. The van der Waals surface area contributed by atoms with Crippen LogP contribution in [0.15, 0.2) is 102 Å². The molecule has 0 saturated carbocycles. The molecular formula is C37H37NO8S. The second-order valence-electron chi connectivity index (χ2n) is 11.3. The molecule has 4 aromatic rings. The highest BCUT2D eigenvalue weighted by Gasteiger charge is 2.32. The van der Waals surface area contributed by atoms with Crippen molar-refractivity contribution in [3.63, 3.8) is 0 Å². The van der Waals surface area contributed by atoms with E-state index >= 15 is 0 Å². The molecule has 0 spiro atoms. The minimum absolute atomic E-state index is 0.0353. The summed E-state index contributed by atoms with van der Waals surface area (Å²) < 4.78 is 13.1. The lowest BCUT2D eigenvalue weighted by molar-refractivity contribution is -0.245. The quantitative estimate of drug-likeness (QED) is 0.109. The maximum Gasteiger partial charge on any atom is 0.335 e. The predicted molar refractivity (Wildman–Crippen MR) is 178 cm³/mol. The SMILES string of the molecule is O=C(O)CCCC(=O)NCc1cccc(-c2cccc([C@@H]3O[C@H](CSc4ccc(C(=O)O)cc4)C[C@H](c4ccc(CO)cc4)O3)c2)c1. The number of rotatable bonds is 14. The topological polar surface area (TPSA) is 142 Å². The Hall–Kier alpha value is -4.48. The molecule has 0 unspecified atom stereocenters. The van der Waals surface area contributed by atoms with Crippen LogP contribution in [0.25, 0.3) is 11.1 Å². The van der Waals surface area contributed by atoms with Crippen molar-refractivity contribution < 1.29 is 39.2 Å². The average Bonchev–Trinajstić information content (AvgIpc) is 3.10. The van der Waals surface area contributed by atoms with Gasteiger partial charge in [-0.25, -0.2) is 4.79 Å². The number of ether oxygens (including phenoxy) is 2. The van der Waals surface area contributed by atoms with Crippen LogP contribution < -0.4 is 5.32 Å². The standard InChI is InChI=1S/C37H37NO8S/c39-22-24-10-12-26(13-11-24)33-20-31(23-47-32-16-14-27(15-17-32)36(43)44)45-37(46-33)30-7-2-6-29(19-30)28-5-1-4-25(18-28)21-38-34(40)8-3-9-35(41)42/h1-2,4-7,10-19,31,33,37,39H,3,8-9,20-23H2,(H,38,40)(H,41,42)(H,43,44)/t31-,33+,37+/m0/s1. The van der Waals surface area contributed by atoms with Crippen LogP contribution in [0, 0.1) is 0 Å². The Balaban J connectivity index is 1.30. The Labute approximate surface area is 277 Å². The Bertz CT molecular complexity index is 1670. The number of hydrogen-bond donors (Lipinski definition) is 4. The number of aliphatic hydroxyl groups is 1. The molecule has 4 aromatic carbocycles. The summed E-state index contributed by atoms with van der Waals surface area (Å²) in [5.74, 6) is -1.42. The first-order valence-electron chi connectivity index (χ1n) is 15.4. The van der Waals surface area contributed by atoms with Crippen LogP contribution >= 0.6 is 11.8 Å². The zero-order chi connectivity index (χ0) is 33.2. The summed E-state index contributed by atoms with van der Waals surface area (Å²) in [7, 11) is 0. The second kappa shape index (κ2) is 16.4. The average molecular weight is 656 g/mol. The molecule has 4 N–H and O–H groups in total. The number of thioether (sulfide) groups is 1. The van der Waals surface area contributed by atoms with E-state index in [9.17, 15) is 24.6 Å². The number of carbonyl (C=O) groups is 3. The van der Waals surface area contributed by atoms with Gasteiger partial charge in [-0.15, -0.1) is 11.8 Å². The summed E-state index contributed by atoms with van der Waals surface area (Å²) >= 11 is 1.60. The smallest absolute Gasteiger partial charge is 0.335 e. The van der Waals surface area contributed by atoms with Crippen LogP contribution in [-0.2, 0) is 32.2 Å². The van der Waals surface area contributed by atoms with Gasteiger partial charge >= 0.3 is 11.9 Å². The van der Waals surface area contributed by atoms with Crippen molar-refractivity contribution in [2.75, 3.05) is 5.75 Å². The second-order valence-corrected chi connectivity index (χ2v) is 12.4. The van der Waals surface area contributed by atoms with Crippen molar-refractivity contribution in [2.45, 2.75) is 62.2 Å². The molecule has 9 nitrogen and oxygen atoms in total. The van der Waals surface area contributed by atoms with E-state index in [1.807, 2.05) is 72.8 Å². The van der Waals surface area contributed by atoms with Gasteiger partial charge in [0, 0.05) is 42.0 Å². The largest absolute Gasteiger partial charge is 0.481 e. The first-order chi connectivity index (χ1) is 22.8. The molecule has 1 heterocycles. The summed E-state index contributed by atoms with van der Waals surface area (Å²) in [4.78, 5) is 35.1. The Morgan fingerprint density at radius 3 is 2.21 bits per heavy atom. The molecule has 1 aliphatic rings. The van der Waals surface area contributed by atoms with Gasteiger partial charge in [0.1, 0.15) is 0 Å². The van der Waals surface area contributed by atoms with Gasteiger partial charge in [0.2, 0.25) is 5.91 Å². The van der Waals surface area contributed by atoms with Gasteiger partial charge in [-0.3, -0.25) is 9.59 Å². The molecule has 1 saturated heterocycles. The molecule has 0 aliphatic carbocycles. The van der Waals surface area contributed by atoms with E-state index in [2.05, 4.69) is 5.32 Å². The fraction of sp³-hybridized carbons (Fsp3) is 0.270. The van der Waals surface area contributed by atoms with Crippen molar-refractivity contribution in [1.82, 2.24) is 5.32 Å². The van der Waals surface area contributed by atoms with E-state index in [4.69, 9.17) is 14.6 Å². The fourth-order valence-electron chi connectivity index (χ4n) is 5.32. The Kier molecular flexibility index (Phi) is 11.8. The van der Waals surface area contributed by atoms with Crippen LogP contribution in [0.4, 0.5) is 0 Å². The zero-order valence-electron chi connectivity index (χ0n) is 25.7. The van der Waals surface area contributed by atoms with Crippen LogP contribution in [0.5, 0.6) is 0 Å². The highest BCUT2D eigenvalue weighted by Crippen LogP contribution is 2.40. The molecule has 10 heteroatoms. The molecule has 1 fully saturated rings. The van der Waals surface area contributed by atoms with Crippen molar-refractivity contribution in [3.05, 3.63) is 125 Å². The Morgan fingerprint density at radius 1 is 0.787 bits per heavy atom. The molecule has 1 aliphatic heterocycles. The van der Waals surface area contributed by atoms with Crippen LogP contribution in [0.2, 0.25) is 0 Å². The van der Waals surface area contributed by atoms with Gasteiger partial charge in [-0.1, -0.05) is 60.7 Å². The molecule has 0 aromatic heterocycles. The van der Waals surface area contributed by atoms with E-state index in [1.165, 1.54) is 0 Å². The predicted octanol–water partition coefficient (Wildman–Crippen LogP) is 6.75. The molecule has 244 valence electrons. The lowest BCUT2D eigenvalue weighted by Crippen LogP contribution is -2.31. The van der Waals surface area contributed by atoms with Crippen molar-refractivity contribution >= 4 is 29.6 Å². The van der Waals surface area contributed by atoms with Gasteiger partial charge in [-0.05, 0) is 70.6 Å². The summed E-state index contributed by atoms with van der Waals surface area (Å²) in [6.07, 6.45) is 0.00997. The molecule has 47 heavy (non-hydrogen) atoms. The van der Waals surface area contributed by atoms with Crippen LogP contribution in [-0.4, -0.2) is 45.0 Å². The highest BCUT2D eigenvalue weighted by molar-refractivity contribution is 7.99. The van der Waals surface area contributed by atoms with E-state index in [0.717, 1.165) is 38.3 Å². The first kappa shape index (κ1) is 33.9. The summed E-state index contributed by atoms with van der Waals surface area (Å²) in [6.45, 7) is 0.300. The number of benzene rings is 4. The lowest BCUT2D eigenvalue weighted by Gasteiger charge is -2.36. The third-order valence-corrected chi connectivity index (χ3v) is 9.00. The monoisotopic (exact) mass is 655 g/mol. The zero-order valence-corrected chi connectivity index (χ0v) is 26.5. The maximum atomic E-state index is 12.2. The van der Waals surface area contributed by atoms with Crippen molar-refractivity contribution in [3.8, 4) is 11.1 Å². The minimum Gasteiger partial charge on any atom is -0.481 e. The summed E-state index contributed by atoms with van der Waals surface area (Å²) in [6, 6.07) is 30.4. The van der Waals surface area contributed by atoms with Crippen molar-refractivity contribution in [1.29, 1.82) is 0 Å². The third kappa shape index (κ3) is 9.76. The number of amides is 1. The van der Waals surface area contributed by atoms with Crippen LogP contribution in [0.1, 0.15) is 70.7 Å². The first-order valence-corrected chi connectivity index (χ1v) is 16.4.